The second-order valence-electron chi connectivity index (χ2n) is 5.04. The first-order valence-corrected chi connectivity index (χ1v) is 6.53. The monoisotopic (exact) mass is 251 g/mol. The fourth-order valence-corrected chi connectivity index (χ4v) is 1.76. The van der Waals surface area contributed by atoms with E-state index in [2.05, 4.69) is 43.1 Å². The minimum absolute atomic E-state index is 0.356. The Kier molecular flexibility index (Phi) is 5.92. The first-order chi connectivity index (χ1) is 8.54. The number of aromatic nitrogens is 1. The lowest BCUT2D eigenvalue weighted by atomic mass is 10.0. The third-order valence-corrected chi connectivity index (χ3v) is 2.76. The molecule has 102 valence electrons. The molecule has 0 fully saturated rings. The molecule has 1 heterocycles. The van der Waals surface area contributed by atoms with Crippen LogP contribution in [0, 0.1) is 5.92 Å². The number of hydrogen-bond acceptors (Lipinski definition) is 4. The standard InChI is InChI=1S/C14H25N3O/c1-6-18-13-8-7-9-15-14(13)16-12(11(2)3)10-17(4)5/h7-9,11-12H,6,10H2,1-5H3,(H,15,16). The van der Waals surface area contributed by atoms with E-state index in [1.54, 1.807) is 6.20 Å². The Labute approximate surface area is 110 Å². The predicted molar refractivity (Wildman–Crippen MR) is 76.2 cm³/mol. The molecule has 1 aromatic rings. The summed E-state index contributed by atoms with van der Waals surface area (Å²) in [4.78, 5) is 6.55. The summed E-state index contributed by atoms with van der Waals surface area (Å²) < 4.78 is 5.58. The Balaban J connectivity index is 2.79. The van der Waals surface area contributed by atoms with E-state index in [1.165, 1.54) is 0 Å². The minimum Gasteiger partial charge on any atom is -0.490 e. The van der Waals surface area contributed by atoms with Gasteiger partial charge in [0.05, 0.1) is 6.61 Å². The molecule has 1 rings (SSSR count). The summed E-state index contributed by atoms with van der Waals surface area (Å²) in [5, 5.41) is 3.49. The normalized spacial score (nSPS) is 12.8. The van der Waals surface area contributed by atoms with Crippen LogP contribution < -0.4 is 10.1 Å². The molecule has 1 unspecified atom stereocenters. The molecular weight excluding hydrogens is 226 g/mol. The molecule has 0 radical (unpaired) electrons. The molecule has 1 atom stereocenters. The maximum atomic E-state index is 5.58. The van der Waals surface area contributed by atoms with Gasteiger partial charge in [0.15, 0.2) is 11.6 Å². The molecule has 1 aromatic heterocycles. The van der Waals surface area contributed by atoms with Gasteiger partial charge in [-0.2, -0.15) is 0 Å². The van der Waals surface area contributed by atoms with E-state index in [1.807, 2.05) is 19.1 Å². The Hall–Kier alpha value is -1.29. The van der Waals surface area contributed by atoms with Crippen LogP contribution in [0.4, 0.5) is 5.82 Å². The van der Waals surface area contributed by atoms with Crippen molar-refractivity contribution in [1.29, 1.82) is 0 Å². The fraction of sp³-hybridized carbons (Fsp3) is 0.643. The number of pyridine rings is 1. The van der Waals surface area contributed by atoms with Gasteiger partial charge in [-0.25, -0.2) is 4.98 Å². The molecule has 0 amide bonds. The summed E-state index contributed by atoms with van der Waals surface area (Å²) >= 11 is 0. The van der Waals surface area contributed by atoms with E-state index >= 15 is 0 Å². The van der Waals surface area contributed by atoms with Crippen molar-refractivity contribution < 1.29 is 4.74 Å². The van der Waals surface area contributed by atoms with Crippen molar-refractivity contribution in [3.63, 3.8) is 0 Å². The van der Waals surface area contributed by atoms with Gasteiger partial charge in [-0.1, -0.05) is 13.8 Å². The van der Waals surface area contributed by atoms with Gasteiger partial charge in [0.1, 0.15) is 0 Å². The first kappa shape index (κ1) is 14.8. The summed E-state index contributed by atoms with van der Waals surface area (Å²) in [6.07, 6.45) is 1.79. The van der Waals surface area contributed by atoms with Crippen molar-refractivity contribution in [1.82, 2.24) is 9.88 Å². The molecular formula is C14H25N3O. The SMILES string of the molecule is CCOc1cccnc1NC(CN(C)C)C(C)C. The molecule has 4 nitrogen and oxygen atoms in total. The maximum absolute atomic E-state index is 5.58. The van der Waals surface area contributed by atoms with Crippen LogP contribution in [0.3, 0.4) is 0 Å². The zero-order chi connectivity index (χ0) is 13.5. The molecule has 1 N–H and O–H groups in total. The number of likely N-dealkylation sites (N-methyl/N-ethyl adjacent to an activating group) is 1. The molecule has 0 bridgehead atoms. The molecule has 0 spiro atoms. The van der Waals surface area contributed by atoms with Crippen molar-refractivity contribution >= 4 is 5.82 Å². The topological polar surface area (TPSA) is 37.4 Å². The lowest BCUT2D eigenvalue weighted by Gasteiger charge is -2.26. The number of nitrogens with one attached hydrogen (secondary N) is 1. The van der Waals surface area contributed by atoms with Gasteiger partial charge in [-0.3, -0.25) is 0 Å². The highest BCUT2D eigenvalue weighted by molar-refractivity contribution is 5.50. The van der Waals surface area contributed by atoms with Crippen LogP contribution in [-0.2, 0) is 0 Å². The molecule has 4 heteroatoms. The quantitative estimate of drug-likeness (QED) is 0.808. The van der Waals surface area contributed by atoms with E-state index < -0.39 is 0 Å². The Morgan fingerprint density at radius 3 is 2.67 bits per heavy atom. The Bertz CT molecular complexity index is 353. The third-order valence-electron chi connectivity index (χ3n) is 2.76. The summed E-state index contributed by atoms with van der Waals surface area (Å²) in [6, 6.07) is 4.20. The van der Waals surface area contributed by atoms with E-state index in [9.17, 15) is 0 Å². The van der Waals surface area contributed by atoms with Crippen LogP contribution in [0.15, 0.2) is 18.3 Å². The Morgan fingerprint density at radius 1 is 1.39 bits per heavy atom. The number of hydrogen-bond donors (Lipinski definition) is 1. The molecule has 0 saturated carbocycles. The number of nitrogens with zero attached hydrogens (tertiary/aromatic N) is 2. The van der Waals surface area contributed by atoms with Crippen molar-refractivity contribution in [3.05, 3.63) is 18.3 Å². The van der Waals surface area contributed by atoms with Crippen molar-refractivity contribution in [2.75, 3.05) is 32.6 Å². The molecule has 0 saturated heterocycles. The summed E-state index contributed by atoms with van der Waals surface area (Å²) in [6.45, 7) is 8.03. The average Bonchev–Trinajstić information content (AvgIpc) is 2.30. The lowest BCUT2D eigenvalue weighted by molar-refractivity contribution is 0.331. The summed E-state index contributed by atoms with van der Waals surface area (Å²) in [5.41, 5.74) is 0. The van der Waals surface area contributed by atoms with Crippen LogP contribution in [0.2, 0.25) is 0 Å². The van der Waals surface area contributed by atoms with Gasteiger partial charge in [0.2, 0.25) is 0 Å². The third kappa shape index (κ3) is 4.53. The van der Waals surface area contributed by atoms with Crippen LogP contribution in [0.5, 0.6) is 5.75 Å². The molecule has 18 heavy (non-hydrogen) atoms. The van der Waals surface area contributed by atoms with Gasteiger partial charge >= 0.3 is 0 Å². The van der Waals surface area contributed by atoms with Crippen LogP contribution in [-0.4, -0.2) is 43.2 Å². The Morgan fingerprint density at radius 2 is 2.11 bits per heavy atom. The number of ether oxygens (including phenoxy) is 1. The van der Waals surface area contributed by atoms with Crippen LogP contribution in [0.1, 0.15) is 20.8 Å². The second kappa shape index (κ2) is 7.21. The zero-order valence-corrected chi connectivity index (χ0v) is 12.1. The van der Waals surface area contributed by atoms with E-state index in [0.29, 0.717) is 18.6 Å². The van der Waals surface area contributed by atoms with Crippen LogP contribution in [0.25, 0.3) is 0 Å². The van der Waals surface area contributed by atoms with Crippen molar-refractivity contribution in [2.45, 2.75) is 26.8 Å². The van der Waals surface area contributed by atoms with E-state index in [4.69, 9.17) is 4.74 Å². The first-order valence-electron chi connectivity index (χ1n) is 6.53. The highest BCUT2D eigenvalue weighted by Crippen LogP contribution is 2.23. The number of anilines is 1. The minimum atomic E-state index is 0.356. The largest absolute Gasteiger partial charge is 0.490 e. The van der Waals surface area contributed by atoms with Gasteiger partial charge in [0, 0.05) is 18.8 Å². The van der Waals surface area contributed by atoms with Gasteiger partial charge in [-0.15, -0.1) is 0 Å². The molecule has 0 aliphatic heterocycles. The van der Waals surface area contributed by atoms with E-state index in [0.717, 1.165) is 18.1 Å². The summed E-state index contributed by atoms with van der Waals surface area (Å²) in [5.74, 6) is 2.19. The zero-order valence-electron chi connectivity index (χ0n) is 12.1. The molecule has 0 aliphatic carbocycles. The van der Waals surface area contributed by atoms with Crippen LogP contribution >= 0.6 is 0 Å². The highest BCUT2D eigenvalue weighted by Gasteiger charge is 2.16. The fourth-order valence-electron chi connectivity index (χ4n) is 1.76. The van der Waals surface area contributed by atoms with E-state index in [-0.39, 0.29) is 0 Å². The molecule has 0 aliphatic rings. The molecule has 0 aromatic carbocycles. The van der Waals surface area contributed by atoms with Crippen molar-refractivity contribution in [2.24, 2.45) is 5.92 Å². The number of rotatable bonds is 7. The smallest absolute Gasteiger partial charge is 0.169 e. The average molecular weight is 251 g/mol. The maximum Gasteiger partial charge on any atom is 0.169 e. The lowest BCUT2D eigenvalue weighted by Crippen LogP contribution is -2.36. The second-order valence-corrected chi connectivity index (χ2v) is 5.04. The van der Waals surface area contributed by atoms with Gasteiger partial charge < -0.3 is 15.0 Å². The summed E-state index contributed by atoms with van der Waals surface area (Å²) in [7, 11) is 4.16. The van der Waals surface area contributed by atoms with Crippen molar-refractivity contribution in [3.8, 4) is 5.75 Å². The van der Waals surface area contributed by atoms with Gasteiger partial charge in [0.25, 0.3) is 0 Å². The highest BCUT2D eigenvalue weighted by atomic mass is 16.5. The van der Waals surface area contributed by atoms with Gasteiger partial charge in [-0.05, 0) is 39.1 Å². The predicted octanol–water partition coefficient (Wildman–Crippen LogP) is 2.48.